The van der Waals surface area contributed by atoms with Gasteiger partial charge in [-0.15, -0.1) is 0 Å². The van der Waals surface area contributed by atoms with Crippen molar-refractivity contribution >= 4 is 5.91 Å². The molecule has 1 fully saturated rings. The van der Waals surface area contributed by atoms with Crippen LogP contribution in [0.25, 0.3) is 0 Å². The summed E-state index contributed by atoms with van der Waals surface area (Å²) in [4.78, 5) is 13.9. The van der Waals surface area contributed by atoms with Gasteiger partial charge in [0.25, 0.3) is 0 Å². The van der Waals surface area contributed by atoms with Crippen molar-refractivity contribution in [3.63, 3.8) is 0 Å². The Bertz CT molecular complexity index is 246. The highest BCUT2D eigenvalue weighted by Crippen LogP contribution is 2.18. The molecule has 1 aliphatic rings. The van der Waals surface area contributed by atoms with E-state index >= 15 is 0 Å². The topological polar surface area (TPSA) is 41.6 Å². The first kappa shape index (κ1) is 15.4. The van der Waals surface area contributed by atoms with E-state index in [-0.39, 0.29) is 5.91 Å². The van der Waals surface area contributed by atoms with Crippen molar-refractivity contribution < 1.29 is 9.53 Å². The third-order valence-corrected chi connectivity index (χ3v) is 3.29. The Hall–Kier alpha value is -0.610. The van der Waals surface area contributed by atoms with E-state index in [1.54, 1.807) is 0 Å². The van der Waals surface area contributed by atoms with Crippen LogP contribution in [0.5, 0.6) is 0 Å². The molecule has 0 aromatic heterocycles. The zero-order valence-corrected chi connectivity index (χ0v) is 12.2. The molecule has 1 saturated heterocycles. The molecule has 1 rings (SSSR count). The van der Waals surface area contributed by atoms with E-state index in [2.05, 4.69) is 33.0 Å². The lowest BCUT2D eigenvalue weighted by atomic mass is 9.97. The van der Waals surface area contributed by atoms with Gasteiger partial charge in [0.1, 0.15) is 0 Å². The average molecular weight is 256 g/mol. The van der Waals surface area contributed by atoms with Crippen LogP contribution in [0.3, 0.4) is 0 Å². The summed E-state index contributed by atoms with van der Waals surface area (Å²) >= 11 is 0. The first-order chi connectivity index (χ1) is 8.49. The fraction of sp³-hybridized carbons (Fsp3) is 0.929. The summed E-state index contributed by atoms with van der Waals surface area (Å²) in [5.74, 6) is 0.849. The standard InChI is InChI=1S/C14H28N2O2/c1-11(2)15-9-14(17)16-7-5-13(6-8-16)10-18-12(3)4/h11-13,15H,5-10H2,1-4H3. The summed E-state index contributed by atoms with van der Waals surface area (Å²) < 4.78 is 5.64. The fourth-order valence-electron chi connectivity index (χ4n) is 2.08. The Morgan fingerprint density at radius 3 is 2.39 bits per heavy atom. The van der Waals surface area contributed by atoms with Crippen molar-refractivity contribution in [2.24, 2.45) is 5.92 Å². The maximum Gasteiger partial charge on any atom is 0.236 e. The monoisotopic (exact) mass is 256 g/mol. The molecule has 1 amide bonds. The SMILES string of the molecule is CC(C)NCC(=O)N1CCC(COC(C)C)CC1. The zero-order valence-electron chi connectivity index (χ0n) is 12.2. The lowest BCUT2D eigenvalue weighted by Gasteiger charge is -2.32. The highest BCUT2D eigenvalue weighted by molar-refractivity contribution is 5.78. The first-order valence-corrected chi connectivity index (χ1v) is 7.11. The molecule has 1 aliphatic heterocycles. The highest BCUT2D eigenvalue weighted by Gasteiger charge is 2.22. The molecule has 0 aromatic rings. The molecule has 0 atom stereocenters. The van der Waals surface area contributed by atoms with Gasteiger partial charge in [0.05, 0.1) is 12.6 Å². The molecule has 4 nitrogen and oxygen atoms in total. The zero-order chi connectivity index (χ0) is 13.5. The van der Waals surface area contributed by atoms with Gasteiger partial charge >= 0.3 is 0 Å². The molecule has 0 bridgehead atoms. The second-order valence-electron chi connectivity index (χ2n) is 5.74. The van der Waals surface area contributed by atoms with Gasteiger partial charge < -0.3 is 15.0 Å². The quantitative estimate of drug-likeness (QED) is 0.785. The van der Waals surface area contributed by atoms with Crippen LogP contribution in [0, 0.1) is 5.92 Å². The minimum atomic E-state index is 0.229. The number of nitrogens with one attached hydrogen (secondary N) is 1. The third kappa shape index (κ3) is 5.83. The average Bonchev–Trinajstić information content (AvgIpc) is 2.34. The third-order valence-electron chi connectivity index (χ3n) is 3.29. The van der Waals surface area contributed by atoms with Crippen LogP contribution in [-0.4, -0.2) is 49.2 Å². The number of likely N-dealkylation sites (tertiary alicyclic amines) is 1. The normalized spacial score (nSPS) is 17.8. The van der Waals surface area contributed by atoms with E-state index in [0.717, 1.165) is 32.5 Å². The van der Waals surface area contributed by atoms with E-state index in [9.17, 15) is 4.79 Å². The number of carbonyl (C=O) groups excluding carboxylic acids is 1. The van der Waals surface area contributed by atoms with Gasteiger partial charge in [0.15, 0.2) is 0 Å². The maximum atomic E-state index is 11.9. The fourth-order valence-corrected chi connectivity index (χ4v) is 2.08. The Balaban J connectivity index is 2.20. The van der Waals surface area contributed by atoms with Crippen LogP contribution in [0.15, 0.2) is 0 Å². The van der Waals surface area contributed by atoms with Crippen molar-refractivity contribution in [2.45, 2.75) is 52.7 Å². The number of hydrogen-bond donors (Lipinski definition) is 1. The number of hydrogen-bond acceptors (Lipinski definition) is 3. The van der Waals surface area contributed by atoms with Crippen LogP contribution in [-0.2, 0) is 9.53 Å². The summed E-state index contributed by atoms with van der Waals surface area (Å²) in [5, 5.41) is 3.18. The van der Waals surface area contributed by atoms with Crippen LogP contribution >= 0.6 is 0 Å². The van der Waals surface area contributed by atoms with E-state index in [0.29, 0.717) is 24.6 Å². The molecule has 1 N–H and O–H groups in total. The molecule has 4 heteroatoms. The van der Waals surface area contributed by atoms with Crippen molar-refractivity contribution in [1.82, 2.24) is 10.2 Å². The molecular formula is C14H28N2O2. The van der Waals surface area contributed by atoms with Gasteiger partial charge in [-0.25, -0.2) is 0 Å². The molecule has 18 heavy (non-hydrogen) atoms. The number of nitrogens with zero attached hydrogens (tertiary/aromatic N) is 1. The molecule has 106 valence electrons. The lowest BCUT2D eigenvalue weighted by Crippen LogP contribution is -2.44. The molecule has 0 spiro atoms. The van der Waals surface area contributed by atoms with Gasteiger partial charge in [-0.2, -0.15) is 0 Å². The van der Waals surface area contributed by atoms with Crippen LogP contribution in [0.2, 0.25) is 0 Å². The highest BCUT2D eigenvalue weighted by atomic mass is 16.5. The van der Waals surface area contributed by atoms with E-state index in [1.807, 2.05) is 4.90 Å². The van der Waals surface area contributed by atoms with Gasteiger partial charge in [0, 0.05) is 25.7 Å². The van der Waals surface area contributed by atoms with Gasteiger partial charge in [0.2, 0.25) is 5.91 Å². The molecule has 0 aromatic carbocycles. The Morgan fingerprint density at radius 2 is 1.89 bits per heavy atom. The minimum Gasteiger partial charge on any atom is -0.379 e. The van der Waals surface area contributed by atoms with Crippen molar-refractivity contribution in [3.05, 3.63) is 0 Å². The predicted molar refractivity (Wildman–Crippen MR) is 73.5 cm³/mol. The summed E-state index contributed by atoms with van der Waals surface area (Å²) in [6, 6.07) is 0.367. The minimum absolute atomic E-state index is 0.229. The summed E-state index contributed by atoms with van der Waals surface area (Å²) in [6.45, 7) is 11.3. The molecule has 0 aliphatic carbocycles. The number of carbonyl (C=O) groups is 1. The molecule has 0 saturated carbocycles. The molecule has 0 radical (unpaired) electrons. The molecule has 0 unspecified atom stereocenters. The number of amides is 1. The van der Waals surface area contributed by atoms with E-state index < -0.39 is 0 Å². The lowest BCUT2D eigenvalue weighted by molar-refractivity contribution is -0.132. The van der Waals surface area contributed by atoms with Crippen molar-refractivity contribution in [1.29, 1.82) is 0 Å². The van der Waals surface area contributed by atoms with Crippen molar-refractivity contribution in [2.75, 3.05) is 26.2 Å². The Kier molecular flexibility index (Phi) is 6.65. The van der Waals surface area contributed by atoms with Crippen LogP contribution < -0.4 is 5.32 Å². The number of piperidine rings is 1. The number of ether oxygens (including phenoxy) is 1. The second kappa shape index (κ2) is 7.74. The van der Waals surface area contributed by atoms with Gasteiger partial charge in [-0.1, -0.05) is 13.8 Å². The second-order valence-corrected chi connectivity index (χ2v) is 5.74. The summed E-state index contributed by atoms with van der Waals surface area (Å²) in [7, 11) is 0. The van der Waals surface area contributed by atoms with Gasteiger partial charge in [-0.05, 0) is 32.6 Å². The van der Waals surface area contributed by atoms with E-state index in [1.165, 1.54) is 0 Å². The van der Waals surface area contributed by atoms with Crippen molar-refractivity contribution in [3.8, 4) is 0 Å². The smallest absolute Gasteiger partial charge is 0.236 e. The molecular weight excluding hydrogens is 228 g/mol. The Morgan fingerprint density at radius 1 is 1.28 bits per heavy atom. The summed E-state index contributed by atoms with van der Waals surface area (Å²) in [6.07, 6.45) is 2.44. The predicted octanol–water partition coefficient (Wildman–Crippen LogP) is 1.65. The van der Waals surface area contributed by atoms with Crippen LogP contribution in [0.4, 0.5) is 0 Å². The van der Waals surface area contributed by atoms with Crippen LogP contribution in [0.1, 0.15) is 40.5 Å². The summed E-state index contributed by atoms with van der Waals surface area (Å²) in [5.41, 5.74) is 0. The first-order valence-electron chi connectivity index (χ1n) is 7.11. The Labute approximate surface area is 111 Å². The number of rotatable bonds is 6. The van der Waals surface area contributed by atoms with E-state index in [4.69, 9.17) is 4.74 Å². The largest absolute Gasteiger partial charge is 0.379 e. The van der Waals surface area contributed by atoms with Gasteiger partial charge in [-0.3, -0.25) is 4.79 Å². The maximum absolute atomic E-state index is 11.9. The molecule has 1 heterocycles.